The molecule has 0 aromatic carbocycles. The van der Waals surface area contributed by atoms with Crippen molar-refractivity contribution in [1.29, 1.82) is 0 Å². The molecule has 0 aliphatic heterocycles. The quantitative estimate of drug-likeness (QED) is 0.0665. The second kappa shape index (κ2) is 30.8. The molecule has 0 aliphatic rings. The number of ether oxygens (including phenoxy) is 2. The lowest BCUT2D eigenvalue weighted by atomic mass is 9.99. The van der Waals surface area contributed by atoms with Crippen LogP contribution in [0.4, 0.5) is 0 Å². The van der Waals surface area contributed by atoms with Crippen molar-refractivity contribution in [2.45, 2.75) is 194 Å². The van der Waals surface area contributed by atoms with E-state index in [0.29, 0.717) is 12.8 Å². The van der Waals surface area contributed by atoms with Crippen LogP contribution in [0.25, 0.3) is 0 Å². The molecule has 0 fully saturated rings. The number of hydrogen-bond acceptors (Lipinski definition) is 5. The van der Waals surface area contributed by atoms with Crippen molar-refractivity contribution in [3.63, 3.8) is 0 Å². The van der Waals surface area contributed by atoms with Crippen LogP contribution >= 0.6 is 0 Å². The standard InChI is InChI=1S/C35H68O5/c1-4-6-7-8-9-10-11-12-13-14-15-19-22-25-28-34(37)39-30-33(36)31-40-35(38)29-26-23-20-17-16-18-21-24-27-32(3)5-2/h32-33,36H,4-31H2,1-3H3/t32?,33-/m0/s1. The van der Waals surface area contributed by atoms with Crippen LogP contribution in [0.2, 0.25) is 0 Å². The summed E-state index contributed by atoms with van der Waals surface area (Å²) in [7, 11) is 0. The van der Waals surface area contributed by atoms with Gasteiger partial charge in [-0.25, -0.2) is 0 Å². The number of rotatable bonds is 31. The number of esters is 2. The Balaban J connectivity index is 3.41. The zero-order valence-corrected chi connectivity index (χ0v) is 27.0. The average Bonchev–Trinajstić information content (AvgIpc) is 2.95. The van der Waals surface area contributed by atoms with Gasteiger partial charge in [-0.05, 0) is 18.8 Å². The maximum absolute atomic E-state index is 11.9. The summed E-state index contributed by atoms with van der Waals surface area (Å²) < 4.78 is 10.3. The van der Waals surface area contributed by atoms with Crippen LogP contribution < -0.4 is 0 Å². The van der Waals surface area contributed by atoms with Gasteiger partial charge in [0.1, 0.15) is 19.3 Å². The monoisotopic (exact) mass is 569 g/mol. The molecule has 5 nitrogen and oxygen atoms in total. The predicted octanol–water partition coefficient (Wildman–Crippen LogP) is 10.3. The zero-order chi connectivity index (χ0) is 29.5. The molecule has 5 heteroatoms. The van der Waals surface area contributed by atoms with Gasteiger partial charge in [0.25, 0.3) is 0 Å². The Morgan fingerprint density at radius 1 is 0.525 bits per heavy atom. The van der Waals surface area contributed by atoms with Gasteiger partial charge in [-0.1, -0.05) is 162 Å². The minimum atomic E-state index is -0.954. The van der Waals surface area contributed by atoms with Gasteiger partial charge in [-0.3, -0.25) is 9.59 Å². The highest BCUT2D eigenvalue weighted by Crippen LogP contribution is 2.16. The number of carbonyl (C=O) groups excluding carboxylic acids is 2. The molecule has 0 radical (unpaired) electrons. The van der Waals surface area contributed by atoms with Crippen molar-refractivity contribution in [3.8, 4) is 0 Å². The van der Waals surface area contributed by atoms with Crippen molar-refractivity contribution in [3.05, 3.63) is 0 Å². The van der Waals surface area contributed by atoms with Crippen LogP contribution in [0.3, 0.4) is 0 Å². The van der Waals surface area contributed by atoms with Gasteiger partial charge in [-0.2, -0.15) is 0 Å². The summed E-state index contributed by atoms with van der Waals surface area (Å²) >= 11 is 0. The molecule has 0 bridgehead atoms. The van der Waals surface area contributed by atoms with E-state index >= 15 is 0 Å². The molecule has 0 spiro atoms. The molecule has 0 rings (SSSR count). The molecule has 40 heavy (non-hydrogen) atoms. The maximum Gasteiger partial charge on any atom is 0.305 e. The summed E-state index contributed by atoms with van der Waals surface area (Å²) in [5.41, 5.74) is 0. The first kappa shape index (κ1) is 38.9. The van der Waals surface area contributed by atoms with Gasteiger partial charge in [0.05, 0.1) is 0 Å². The summed E-state index contributed by atoms with van der Waals surface area (Å²) in [4.78, 5) is 23.8. The van der Waals surface area contributed by atoms with E-state index in [1.165, 1.54) is 122 Å². The van der Waals surface area contributed by atoms with Gasteiger partial charge in [0, 0.05) is 12.8 Å². The van der Waals surface area contributed by atoms with E-state index in [0.717, 1.165) is 38.0 Å². The fourth-order valence-electron chi connectivity index (χ4n) is 5.06. The smallest absolute Gasteiger partial charge is 0.305 e. The third-order valence-electron chi connectivity index (χ3n) is 8.13. The van der Waals surface area contributed by atoms with E-state index < -0.39 is 6.10 Å². The highest BCUT2D eigenvalue weighted by Gasteiger charge is 2.12. The van der Waals surface area contributed by atoms with Crippen molar-refractivity contribution >= 4 is 11.9 Å². The molecule has 0 amide bonds. The van der Waals surface area contributed by atoms with Crippen LogP contribution in [0.5, 0.6) is 0 Å². The molecule has 0 aromatic heterocycles. The molecule has 238 valence electrons. The van der Waals surface area contributed by atoms with Crippen molar-refractivity contribution in [2.75, 3.05) is 13.2 Å². The topological polar surface area (TPSA) is 72.8 Å². The third kappa shape index (κ3) is 29.9. The second-order valence-corrected chi connectivity index (χ2v) is 12.2. The molecule has 0 saturated carbocycles. The minimum Gasteiger partial charge on any atom is -0.463 e. The fraction of sp³-hybridized carbons (Fsp3) is 0.943. The number of unbranched alkanes of at least 4 members (excludes halogenated alkanes) is 20. The van der Waals surface area contributed by atoms with Crippen molar-refractivity contribution in [2.24, 2.45) is 5.92 Å². The Hall–Kier alpha value is -1.10. The van der Waals surface area contributed by atoms with Crippen LogP contribution in [-0.2, 0) is 19.1 Å². The highest BCUT2D eigenvalue weighted by atomic mass is 16.6. The lowest BCUT2D eigenvalue weighted by Gasteiger charge is -2.12. The van der Waals surface area contributed by atoms with E-state index in [4.69, 9.17) is 9.47 Å². The molecule has 1 unspecified atom stereocenters. The summed E-state index contributed by atoms with van der Waals surface area (Å²) in [6.07, 6.45) is 30.0. The van der Waals surface area contributed by atoms with Crippen LogP contribution in [0.15, 0.2) is 0 Å². The molecule has 0 heterocycles. The molecule has 0 aliphatic carbocycles. The average molecular weight is 569 g/mol. The SMILES string of the molecule is CCCCCCCCCCCCCCCCC(=O)OC[C@H](O)COC(=O)CCCCCCCCCCC(C)CC. The summed E-state index contributed by atoms with van der Waals surface area (Å²) in [5, 5.41) is 9.96. The molecule has 1 N–H and O–H groups in total. The molecular formula is C35H68O5. The number of hydrogen-bond donors (Lipinski definition) is 1. The largest absolute Gasteiger partial charge is 0.463 e. The van der Waals surface area contributed by atoms with Crippen molar-refractivity contribution < 1.29 is 24.2 Å². The predicted molar refractivity (Wildman–Crippen MR) is 168 cm³/mol. The lowest BCUT2D eigenvalue weighted by molar-refractivity contribution is -0.152. The van der Waals surface area contributed by atoms with Gasteiger partial charge in [0.15, 0.2) is 0 Å². The molecular weight excluding hydrogens is 500 g/mol. The fourth-order valence-corrected chi connectivity index (χ4v) is 5.06. The van der Waals surface area contributed by atoms with Crippen LogP contribution in [0, 0.1) is 5.92 Å². The minimum absolute atomic E-state index is 0.109. The Morgan fingerprint density at radius 2 is 0.850 bits per heavy atom. The summed E-state index contributed by atoms with van der Waals surface area (Å²) in [6.45, 7) is 6.65. The van der Waals surface area contributed by atoms with Gasteiger partial charge < -0.3 is 14.6 Å². The van der Waals surface area contributed by atoms with Crippen LogP contribution in [-0.4, -0.2) is 36.4 Å². The third-order valence-corrected chi connectivity index (χ3v) is 8.13. The Bertz CT molecular complexity index is 550. The van der Waals surface area contributed by atoms with Crippen molar-refractivity contribution in [1.82, 2.24) is 0 Å². The van der Waals surface area contributed by atoms with E-state index in [-0.39, 0.29) is 25.2 Å². The Morgan fingerprint density at radius 3 is 1.20 bits per heavy atom. The molecule has 2 atom stereocenters. The van der Waals surface area contributed by atoms with E-state index in [2.05, 4.69) is 20.8 Å². The number of aliphatic hydroxyl groups excluding tert-OH is 1. The van der Waals surface area contributed by atoms with Gasteiger partial charge in [0.2, 0.25) is 0 Å². The van der Waals surface area contributed by atoms with E-state index in [1.54, 1.807) is 0 Å². The Labute approximate surface area is 248 Å². The first-order valence-electron chi connectivity index (χ1n) is 17.5. The lowest BCUT2D eigenvalue weighted by Crippen LogP contribution is -2.25. The normalized spacial score (nSPS) is 12.8. The zero-order valence-electron chi connectivity index (χ0n) is 27.0. The Kier molecular flexibility index (Phi) is 30.0. The first-order chi connectivity index (χ1) is 19.5. The summed E-state index contributed by atoms with van der Waals surface area (Å²) in [5.74, 6) is 0.303. The summed E-state index contributed by atoms with van der Waals surface area (Å²) in [6, 6.07) is 0. The highest BCUT2D eigenvalue weighted by molar-refractivity contribution is 5.69. The maximum atomic E-state index is 11.9. The van der Waals surface area contributed by atoms with Gasteiger partial charge in [-0.15, -0.1) is 0 Å². The van der Waals surface area contributed by atoms with Gasteiger partial charge >= 0.3 is 11.9 Å². The number of aliphatic hydroxyl groups is 1. The molecule has 0 aromatic rings. The second-order valence-electron chi connectivity index (χ2n) is 12.2. The van der Waals surface area contributed by atoms with Crippen LogP contribution in [0.1, 0.15) is 188 Å². The number of carbonyl (C=O) groups is 2. The van der Waals surface area contributed by atoms with E-state index in [9.17, 15) is 14.7 Å². The first-order valence-corrected chi connectivity index (χ1v) is 17.5. The molecule has 0 saturated heterocycles. The van der Waals surface area contributed by atoms with E-state index in [1.807, 2.05) is 0 Å².